The zero-order valence-electron chi connectivity index (χ0n) is 13.1. The first-order chi connectivity index (χ1) is 9.68. The van der Waals surface area contributed by atoms with Crippen molar-refractivity contribution in [1.29, 1.82) is 0 Å². The molecular formula is C16H30N2O2. The van der Waals surface area contributed by atoms with Crippen molar-refractivity contribution in [1.82, 2.24) is 9.80 Å². The average Bonchev–Trinajstić information content (AvgIpc) is 2.75. The van der Waals surface area contributed by atoms with Crippen LogP contribution >= 0.6 is 0 Å². The highest BCUT2D eigenvalue weighted by molar-refractivity contribution is 5.81. The molecule has 1 amide bonds. The lowest BCUT2D eigenvalue weighted by molar-refractivity contribution is -0.136. The van der Waals surface area contributed by atoms with Gasteiger partial charge in [0, 0.05) is 20.2 Å². The molecule has 0 N–H and O–H groups in total. The van der Waals surface area contributed by atoms with Crippen LogP contribution in [0.5, 0.6) is 0 Å². The van der Waals surface area contributed by atoms with Gasteiger partial charge in [0.1, 0.15) is 0 Å². The van der Waals surface area contributed by atoms with E-state index in [-0.39, 0.29) is 11.9 Å². The highest BCUT2D eigenvalue weighted by atomic mass is 16.5. The molecule has 2 fully saturated rings. The smallest absolute Gasteiger partial charge is 0.239 e. The largest absolute Gasteiger partial charge is 0.381 e. The first-order valence-corrected chi connectivity index (χ1v) is 8.25. The van der Waals surface area contributed by atoms with E-state index in [9.17, 15) is 4.79 Å². The molecule has 2 rings (SSSR count). The Balaban J connectivity index is 1.81. The number of carbonyl (C=O) groups is 1. The van der Waals surface area contributed by atoms with E-state index in [0.717, 1.165) is 39.3 Å². The van der Waals surface area contributed by atoms with Crippen molar-refractivity contribution in [3.63, 3.8) is 0 Å². The molecule has 0 bridgehead atoms. The van der Waals surface area contributed by atoms with Crippen molar-refractivity contribution in [3.05, 3.63) is 0 Å². The summed E-state index contributed by atoms with van der Waals surface area (Å²) in [5.41, 5.74) is 0. The van der Waals surface area contributed by atoms with Crippen molar-refractivity contribution in [3.8, 4) is 0 Å². The number of nitrogens with zero attached hydrogens (tertiary/aromatic N) is 2. The zero-order chi connectivity index (χ0) is 14.4. The van der Waals surface area contributed by atoms with E-state index in [2.05, 4.69) is 11.8 Å². The number of hydrogen-bond acceptors (Lipinski definition) is 3. The minimum absolute atomic E-state index is 0.0302. The van der Waals surface area contributed by atoms with Gasteiger partial charge in [0.15, 0.2) is 0 Å². The first-order valence-electron chi connectivity index (χ1n) is 8.25. The second kappa shape index (κ2) is 7.99. The normalized spacial score (nSPS) is 26.8. The molecule has 0 spiro atoms. The lowest BCUT2D eigenvalue weighted by Crippen LogP contribution is -2.47. The summed E-state index contributed by atoms with van der Waals surface area (Å²) in [5, 5.41) is 0. The highest BCUT2D eigenvalue weighted by Crippen LogP contribution is 2.17. The lowest BCUT2D eigenvalue weighted by atomic mass is 10.0. The Hall–Kier alpha value is -0.610. The van der Waals surface area contributed by atoms with E-state index in [1.54, 1.807) is 0 Å². The summed E-state index contributed by atoms with van der Waals surface area (Å²) in [4.78, 5) is 16.9. The molecule has 0 aromatic rings. The van der Waals surface area contributed by atoms with Crippen molar-refractivity contribution < 1.29 is 9.53 Å². The van der Waals surface area contributed by atoms with Crippen LogP contribution in [-0.2, 0) is 9.53 Å². The van der Waals surface area contributed by atoms with Gasteiger partial charge in [-0.1, -0.05) is 12.8 Å². The molecule has 4 heteroatoms. The Bertz CT molecular complexity index is 295. The minimum atomic E-state index is 0.0302. The van der Waals surface area contributed by atoms with E-state index in [1.807, 2.05) is 11.9 Å². The van der Waals surface area contributed by atoms with E-state index in [4.69, 9.17) is 4.74 Å². The summed E-state index contributed by atoms with van der Waals surface area (Å²) in [6, 6.07) is 0.0302. The number of rotatable bonds is 4. The molecule has 4 nitrogen and oxygen atoms in total. The molecule has 2 atom stereocenters. The molecule has 0 aromatic heterocycles. The molecule has 2 unspecified atom stereocenters. The van der Waals surface area contributed by atoms with Crippen LogP contribution in [-0.4, -0.2) is 61.6 Å². The van der Waals surface area contributed by atoms with Gasteiger partial charge in [0.2, 0.25) is 5.91 Å². The monoisotopic (exact) mass is 282 g/mol. The molecule has 0 saturated carbocycles. The number of likely N-dealkylation sites (tertiary alicyclic amines) is 1. The maximum Gasteiger partial charge on any atom is 0.239 e. The van der Waals surface area contributed by atoms with E-state index in [1.165, 1.54) is 32.1 Å². The third-order valence-electron chi connectivity index (χ3n) is 4.71. The van der Waals surface area contributed by atoms with Gasteiger partial charge in [0.05, 0.1) is 12.6 Å². The molecule has 0 aromatic carbocycles. The van der Waals surface area contributed by atoms with Crippen LogP contribution in [0.15, 0.2) is 0 Å². The van der Waals surface area contributed by atoms with Crippen LogP contribution in [0.1, 0.15) is 45.4 Å². The molecule has 2 heterocycles. The third-order valence-corrected chi connectivity index (χ3v) is 4.71. The number of carbonyl (C=O) groups excluding carboxylic acids is 1. The molecular weight excluding hydrogens is 252 g/mol. The fourth-order valence-corrected chi connectivity index (χ4v) is 3.39. The second-order valence-corrected chi connectivity index (χ2v) is 6.43. The average molecular weight is 282 g/mol. The SMILES string of the molecule is CC(C(=O)N(C)CC1CCCOC1)N1CCCCCC1. The summed E-state index contributed by atoms with van der Waals surface area (Å²) < 4.78 is 5.51. The predicted molar refractivity (Wildman–Crippen MR) is 80.7 cm³/mol. The van der Waals surface area contributed by atoms with Crippen molar-refractivity contribution in [2.24, 2.45) is 5.92 Å². The van der Waals surface area contributed by atoms with Crippen LogP contribution in [0.25, 0.3) is 0 Å². The zero-order valence-corrected chi connectivity index (χ0v) is 13.1. The summed E-state index contributed by atoms with van der Waals surface area (Å²) in [7, 11) is 1.95. The van der Waals surface area contributed by atoms with Gasteiger partial charge in [-0.2, -0.15) is 0 Å². The standard InChI is InChI=1S/C16H30N2O2/c1-14(18-9-5-3-4-6-10-18)16(19)17(2)12-15-8-7-11-20-13-15/h14-15H,3-13H2,1-2H3. The van der Waals surface area contributed by atoms with Crippen LogP contribution in [0.2, 0.25) is 0 Å². The molecule has 2 aliphatic heterocycles. The summed E-state index contributed by atoms with van der Waals surface area (Å²) >= 11 is 0. The Labute approximate surface area is 123 Å². The molecule has 0 aliphatic carbocycles. The van der Waals surface area contributed by atoms with Crippen molar-refractivity contribution in [2.75, 3.05) is 39.9 Å². The summed E-state index contributed by atoms with van der Waals surface area (Å²) in [6.45, 7) is 6.77. The van der Waals surface area contributed by atoms with Crippen LogP contribution in [0, 0.1) is 5.92 Å². The number of hydrogen-bond donors (Lipinski definition) is 0. The van der Waals surface area contributed by atoms with Crippen LogP contribution in [0.3, 0.4) is 0 Å². The summed E-state index contributed by atoms with van der Waals surface area (Å²) in [5.74, 6) is 0.798. The maximum atomic E-state index is 12.6. The van der Waals surface area contributed by atoms with E-state index < -0.39 is 0 Å². The van der Waals surface area contributed by atoms with Gasteiger partial charge in [-0.25, -0.2) is 0 Å². The van der Waals surface area contributed by atoms with Crippen LogP contribution in [0.4, 0.5) is 0 Å². The van der Waals surface area contributed by atoms with Crippen LogP contribution < -0.4 is 0 Å². The van der Waals surface area contributed by atoms with Gasteiger partial charge in [-0.3, -0.25) is 9.69 Å². The second-order valence-electron chi connectivity index (χ2n) is 6.43. The molecule has 0 radical (unpaired) electrons. The minimum Gasteiger partial charge on any atom is -0.381 e. The van der Waals surface area contributed by atoms with E-state index in [0.29, 0.717) is 5.92 Å². The highest BCUT2D eigenvalue weighted by Gasteiger charge is 2.26. The van der Waals surface area contributed by atoms with Gasteiger partial charge in [-0.15, -0.1) is 0 Å². The topological polar surface area (TPSA) is 32.8 Å². The van der Waals surface area contributed by atoms with Gasteiger partial charge in [-0.05, 0) is 51.6 Å². The maximum absolute atomic E-state index is 12.6. The number of amides is 1. The first kappa shape index (κ1) is 15.8. The predicted octanol–water partition coefficient (Wildman–Crippen LogP) is 2.14. The van der Waals surface area contributed by atoms with Gasteiger partial charge < -0.3 is 9.64 Å². The van der Waals surface area contributed by atoms with Gasteiger partial charge >= 0.3 is 0 Å². The van der Waals surface area contributed by atoms with E-state index >= 15 is 0 Å². The van der Waals surface area contributed by atoms with Crippen molar-refractivity contribution >= 4 is 5.91 Å². The number of likely N-dealkylation sites (N-methyl/N-ethyl adjacent to an activating group) is 1. The molecule has 20 heavy (non-hydrogen) atoms. The Morgan fingerprint density at radius 3 is 2.55 bits per heavy atom. The fraction of sp³-hybridized carbons (Fsp3) is 0.938. The fourth-order valence-electron chi connectivity index (χ4n) is 3.39. The van der Waals surface area contributed by atoms with Gasteiger partial charge in [0.25, 0.3) is 0 Å². The quantitative estimate of drug-likeness (QED) is 0.792. The molecule has 2 aliphatic rings. The third kappa shape index (κ3) is 4.45. The van der Waals surface area contributed by atoms with Crippen molar-refractivity contribution in [2.45, 2.75) is 51.5 Å². The summed E-state index contributed by atoms with van der Waals surface area (Å²) in [6.07, 6.45) is 7.42. The Morgan fingerprint density at radius 1 is 1.25 bits per heavy atom. The Morgan fingerprint density at radius 2 is 1.95 bits per heavy atom. The molecule has 116 valence electrons. The number of ether oxygens (including phenoxy) is 1. The Kier molecular flexibility index (Phi) is 6.30. The lowest BCUT2D eigenvalue weighted by Gasteiger charge is -2.32. The molecule has 2 saturated heterocycles.